The van der Waals surface area contributed by atoms with E-state index < -0.39 is 0 Å². The van der Waals surface area contributed by atoms with E-state index in [2.05, 4.69) is 9.88 Å². The summed E-state index contributed by atoms with van der Waals surface area (Å²) in [6.07, 6.45) is 3.74. The van der Waals surface area contributed by atoms with Gasteiger partial charge in [0.15, 0.2) is 0 Å². The molecule has 1 aromatic heterocycles. The Bertz CT molecular complexity index is 413. The number of hydrogen-bond donors (Lipinski definition) is 0. The normalized spacial score (nSPS) is 16.4. The molecule has 0 bridgehead atoms. The van der Waals surface area contributed by atoms with Gasteiger partial charge in [0, 0.05) is 26.4 Å². The summed E-state index contributed by atoms with van der Waals surface area (Å²) in [6, 6.07) is 3.64. The van der Waals surface area contributed by atoms with E-state index in [4.69, 9.17) is 9.47 Å². The van der Waals surface area contributed by atoms with Gasteiger partial charge in [-0.1, -0.05) is 0 Å². The van der Waals surface area contributed by atoms with Gasteiger partial charge >= 0.3 is 5.97 Å². The number of carbonyl (C=O) groups is 1. The first-order valence-corrected chi connectivity index (χ1v) is 6.61. The van der Waals surface area contributed by atoms with Crippen molar-refractivity contribution < 1.29 is 14.3 Å². The summed E-state index contributed by atoms with van der Waals surface area (Å²) >= 11 is 0. The quantitative estimate of drug-likeness (QED) is 0.760. The van der Waals surface area contributed by atoms with Crippen LogP contribution in [0, 0.1) is 0 Å². The molecule has 1 aliphatic rings. The molecule has 104 valence electrons. The molecule has 1 fully saturated rings. The van der Waals surface area contributed by atoms with Gasteiger partial charge in [-0.2, -0.15) is 0 Å². The maximum absolute atomic E-state index is 11.8. The van der Waals surface area contributed by atoms with Gasteiger partial charge in [-0.3, -0.25) is 0 Å². The smallest absolute Gasteiger partial charge is 0.340 e. The molecule has 0 aliphatic carbocycles. The third kappa shape index (κ3) is 3.67. The van der Waals surface area contributed by atoms with Crippen LogP contribution in [0.2, 0.25) is 0 Å². The Morgan fingerprint density at radius 3 is 2.74 bits per heavy atom. The second-order valence-electron chi connectivity index (χ2n) is 4.77. The number of rotatable bonds is 5. The minimum atomic E-state index is -0.356. The van der Waals surface area contributed by atoms with Crippen LogP contribution >= 0.6 is 0 Å². The zero-order chi connectivity index (χ0) is 13.7. The van der Waals surface area contributed by atoms with E-state index in [9.17, 15) is 4.79 Å². The first-order valence-electron chi connectivity index (χ1n) is 6.61. The molecule has 19 heavy (non-hydrogen) atoms. The second-order valence-corrected chi connectivity index (χ2v) is 4.77. The fraction of sp³-hybridized carbons (Fsp3) is 0.571. The molecule has 0 spiro atoms. The minimum absolute atomic E-state index is 0.254. The Hall–Kier alpha value is -1.62. The topological polar surface area (TPSA) is 51.7 Å². The van der Waals surface area contributed by atoms with Gasteiger partial charge in [-0.05, 0) is 31.9 Å². The number of methoxy groups -OCH3 is 1. The number of carbonyl (C=O) groups excluding carboxylic acids is 1. The number of nitrogens with zero attached hydrogens (tertiary/aromatic N) is 2. The maximum atomic E-state index is 11.8. The number of ether oxygens (including phenoxy) is 2. The highest BCUT2D eigenvalue weighted by Gasteiger charge is 2.15. The molecule has 5 heteroatoms. The zero-order valence-corrected chi connectivity index (χ0v) is 11.5. The fourth-order valence-electron chi connectivity index (χ4n) is 2.16. The molecule has 1 aromatic rings. The van der Waals surface area contributed by atoms with Gasteiger partial charge in [0.2, 0.25) is 0 Å². The molecule has 1 aliphatic heterocycles. The van der Waals surface area contributed by atoms with Gasteiger partial charge in [0.1, 0.15) is 11.9 Å². The largest absolute Gasteiger partial charge is 0.457 e. The molecule has 0 N–H and O–H groups in total. The first kappa shape index (κ1) is 13.8. The predicted octanol–water partition coefficient (Wildman–Crippen LogP) is 1.87. The predicted molar refractivity (Wildman–Crippen MR) is 72.4 cm³/mol. The maximum Gasteiger partial charge on any atom is 0.340 e. The molecule has 5 nitrogen and oxygen atoms in total. The van der Waals surface area contributed by atoms with Crippen molar-refractivity contribution >= 4 is 11.8 Å². The molecule has 0 radical (unpaired) electrons. The van der Waals surface area contributed by atoms with Gasteiger partial charge in [-0.25, -0.2) is 9.78 Å². The van der Waals surface area contributed by atoms with Crippen LogP contribution in [-0.2, 0) is 9.47 Å². The van der Waals surface area contributed by atoms with Crippen LogP contribution in [0.4, 0.5) is 5.82 Å². The highest BCUT2D eigenvalue weighted by Crippen LogP contribution is 2.17. The van der Waals surface area contributed by atoms with E-state index in [0.29, 0.717) is 12.2 Å². The Labute approximate surface area is 113 Å². The third-order valence-electron chi connectivity index (χ3n) is 3.12. The monoisotopic (exact) mass is 264 g/mol. The number of esters is 1. The number of hydrogen-bond acceptors (Lipinski definition) is 5. The summed E-state index contributed by atoms with van der Waals surface area (Å²) in [4.78, 5) is 18.4. The molecule has 1 atom stereocenters. The van der Waals surface area contributed by atoms with Crippen LogP contribution in [0.15, 0.2) is 18.3 Å². The Kier molecular flexibility index (Phi) is 4.74. The van der Waals surface area contributed by atoms with E-state index in [0.717, 1.165) is 18.9 Å². The van der Waals surface area contributed by atoms with Gasteiger partial charge in [0.05, 0.1) is 12.2 Å². The van der Waals surface area contributed by atoms with Crippen LogP contribution in [0.3, 0.4) is 0 Å². The summed E-state index contributed by atoms with van der Waals surface area (Å²) in [5, 5.41) is 0. The van der Waals surface area contributed by atoms with Crippen molar-refractivity contribution in [1.82, 2.24) is 4.98 Å². The Balaban J connectivity index is 1.95. The van der Waals surface area contributed by atoms with Crippen LogP contribution in [0.1, 0.15) is 30.1 Å². The van der Waals surface area contributed by atoms with Crippen molar-refractivity contribution in [2.75, 3.05) is 31.7 Å². The van der Waals surface area contributed by atoms with Crippen molar-refractivity contribution in [2.45, 2.75) is 25.9 Å². The SMILES string of the molecule is COC[C@@H](C)OC(=O)c1ccc(N2CCCC2)nc1. The molecular weight excluding hydrogens is 244 g/mol. The number of aromatic nitrogens is 1. The van der Waals surface area contributed by atoms with Gasteiger partial charge < -0.3 is 14.4 Å². The lowest BCUT2D eigenvalue weighted by Crippen LogP contribution is -2.21. The van der Waals surface area contributed by atoms with Crippen molar-refractivity contribution in [3.05, 3.63) is 23.9 Å². The second kappa shape index (κ2) is 6.52. The lowest BCUT2D eigenvalue weighted by atomic mass is 10.3. The molecule has 0 amide bonds. The van der Waals surface area contributed by atoms with Crippen molar-refractivity contribution in [2.24, 2.45) is 0 Å². The summed E-state index contributed by atoms with van der Waals surface area (Å²) in [6.45, 7) is 4.28. The highest BCUT2D eigenvalue weighted by atomic mass is 16.6. The van der Waals surface area contributed by atoms with Crippen molar-refractivity contribution in [1.29, 1.82) is 0 Å². The fourth-order valence-corrected chi connectivity index (χ4v) is 2.16. The standard InChI is InChI=1S/C14H20N2O3/c1-11(10-18-2)19-14(17)12-5-6-13(15-9-12)16-7-3-4-8-16/h5-6,9,11H,3-4,7-8,10H2,1-2H3/t11-/m1/s1. The average Bonchev–Trinajstić information content (AvgIpc) is 2.93. The van der Waals surface area contributed by atoms with E-state index >= 15 is 0 Å². The Morgan fingerprint density at radius 1 is 1.42 bits per heavy atom. The van der Waals surface area contributed by atoms with Gasteiger partial charge in [0.25, 0.3) is 0 Å². The van der Waals surface area contributed by atoms with Crippen molar-refractivity contribution in [3.8, 4) is 0 Å². The van der Waals surface area contributed by atoms with Crippen LogP contribution < -0.4 is 4.90 Å². The summed E-state index contributed by atoms with van der Waals surface area (Å²) in [5.41, 5.74) is 0.478. The van der Waals surface area contributed by atoms with E-state index in [-0.39, 0.29) is 12.1 Å². The van der Waals surface area contributed by atoms with Gasteiger partial charge in [-0.15, -0.1) is 0 Å². The highest BCUT2D eigenvalue weighted by molar-refractivity contribution is 5.89. The molecule has 0 unspecified atom stereocenters. The summed E-state index contributed by atoms with van der Waals surface area (Å²) < 4.78 is 10.2. The van der Waals surface area contributed by atoms with Crippen LogP contribution in [0.25, 0.3) is 0 Å². The Morgan fingerprint density at radius 2 is 2.16 bits per heavy atom. The first-order chi connectivity index (χ1) is 9.20. The molecule has 1 saturated heterocycles. The number of anilines is 1. The van der Waals surface area contributed by atoms with Crippen LogP contribution in [-0.4, -0.2) is 43.9 Å². The lowest BCUT2D eigenvalue weighted by Gasteiger charge is -2.16. The minimum Gasteiger partial charge on any atom is -0.457 e. The molecule has 2 heterocycles. The van der Waals surface area contributed by atoms with Crippen LogP contribution in [0.5, 0.6) is 0 Å². The summed E-state index contributed by atoms with van der Waals surface area (Å²) in [7, 11) is 1.58. The third-order valence-corrected chi connectivity index (χ3v) is 3.12. The molecule has 0 saturated carbocycles. The van der Waals surface area contributed by atoms with E-state index in [1.54, 1.807) is 26.3 Å². The number of pyridine rings is 1. The average molecular weight is 264 g/mol. The van der Waals surface area contributed by atoms with Crippen molar-refractivity contribution in [3.63, 3.8) is 0 Å². The summed E-state index contributed by atoms with van der Waals surface area (Å²) in [5.74, 6) is 0.573. The van der Waals surface area contributed by atoms with E-state index in [1.165, 1.54) is 12.8 Å². The van der Waals surface area contributed by atoms with E-state index in [1.807, 2.05) is 6.07 Å². The molecule has 2 rings (SSSR count). The zero-order valence-electron chi connectivity index (χ0n) is 11.5. The molecular formula is C14H20N2O3. The molecule has 0 aromatic carbocycles. The lowest BCUT2D eigenvalue weighted by molar-refractivity contribution is 0.0120.